The largest absolute Gasteiger partial charge is 0.324 e. The molecule has 0 radical (unpaired) electrons. The van der Waals surface area contributed by atoms with Crippen molar-refractivity contribution in [2.75, 3.05) is 0 Å². The minimum atomic E-state index is 0.119. The quantitative estimate of drug-likeness (QED) is 0.864. The van der Waals surface area contributed by atoms with E-state index in [1.165, 1.54) is 33.4 Å². The molecule has 0 saturated carbocycles. The summed E-state index contributed by atoms with van der Waals surface area (Å²) in [5, 5.41) is 0. The standard InChI is InChI=1S/C19H25N/c1-13-7-5-6-8-17(13)9-10-19(20)18-12-15(3)14(2)11-16(18)4/h5-8,11-12,19H,9-10,20H2,1-4H3. The van der Waals surface area contributed by atoms with Gasteiger partial charge in [-0.2, -0.15) is 0 Å². The van der Waals surface area contributed by atoms with Crippen molar-refractivity contribution in [3.8, 4) is 0 Å². The van der Waals surface area contributed by atoms with Crippen molar-refractivity contribution in [1.82, 2.24) is 0 Å². The van der Waals surface area contributed by atoms with Crippen LogP contribution in [0.15, 0.2) is 36.4 Å². The number of aryl methyl sites for hydroxylation is 5. The summed E-state index contributed by atoms with van der Waals surface area (Å²) in [5.41, 5.74) is 14.5. The second kappa shape index (κ2) is 6.23. The van der Waals surface area contributed by atoms with Gasteiger partial charge < -0.3 is 5.73 Å². The summed E-state index contributed by atoms with van der Waals surface area (Å²) >= 11 is 0. The van der Waals surface area contributed by atoms with Crippen LogP contribution in [-0.4, -0.2) is 0 Å². The SMILES string of the molecule is Cc1cc(C)c(C(N)CCc2ccccc2C)cc1C. The van der Waals surface area contributed by atoms with Crippen LogP contribution in [0.2, 0.25) is 0 Å². The zero-order valence-electron chi connectivity index (χ0n) is 13.0. The fourth-order valence-corrected chi connectivity index (χ4v) is 2.74. The molecule has 1 atom stereocenters. The lowest BCUT2D eigenvalue weighted by Gasteiger charge is -2.17. The van der Waals surface area contributed by atoms with Crippen LogP contribution in [0.25, 0.3) is 0 Å². The Morgan fingerprint density at radius 1 is 0.850 bits per heavy atom. The van der Waals surface area contributed by atoms with Crippen LogP contribution in [0.4, 0.5) is 0 Å². The summed E-state index contributed by atoms with van der Waals surface area (Å²) in [4.78, 5) is 0. The third kappa shape index (κ3) is 3.29. The average Bonchev–Trinajstić information content (AvgIpc) is 2.41. The molecule has 0 fully saturated rings. The predicted molar refractivity (Wildman–Crippen MR) is 87.1 cm³/mol. The van der Waals surface area contributed by atoms with E-state index in [4.69, 9.17) is 5.73 Å². The van der Waals surface area contributed by atoms with Crippen LogP contribution in [-0.2, 0) is 6.42 Å². The highest BCUT2D eigenvalue weighted by molar-refractivity contribution is 5.38. The number of benzene rings is 2. The highest BCUT2D eigenvalue weighted by atomic mass is 14.6. The fraction of sp³-hybridized carbons (Fsp3) is 0.368. The zero-order valence-corrected chi connectivity index (χ0v) is 13.0. The van der Waals surface area contributed by atoms with Gasteiger partial charge in [-0.3, -0.25) is 0 Å². The van der Waals surface area contributed by atoms with Crippen LogP contribution >= 0.6 is 0 Å². The molecule has 1 nitrogen and oxygen atoms in total. The zero-order chi connectivity index (χ0) is 14.7. The molecule has 106 valence electrons. The van der Waals surface area contributed by atoms with E-state index in [-0.39, 0.29) is 6.04 Å². The molecule has 0 aromatic heterocycles. The van der Waals surface area contributed by atoms with Crippen molar-refractivity contribution in [2.24, 2.45) is 5.73 Å². The Labute approximate surface area is 122 Å². The Bertz CT molecular complexity index is 599. The van der Waals surface area contributed by atoms with E-state index in [9.17, 15) is 0 Å². The molecule has 20 heavy (non-hydrogen) atoms. The molecule has 2 rings (SSSR count). The normalized spacial score (nSPS) is 12.4. The first-order valence-electron chi connectivity index (χ1n) is 7.37. The van der Waals surface area contributed by atoms with Gasteiger partial charge in [-0.25, -0.2) is 0 Å². The van der Waals surface area contributed by atoms with E-state index < -0.39 is 0 Å². The lowest BCUT2D eigenvalue weighted by atomic mass is 9.92. The minimum Gasteiger partial charge on any atom is -0.324 e. The molecule has 0 amide bonds. The van der Waals surface area contributed by atoms with Crippen LogP contribution < -0.4 is 5.73 Å². The molecule has 0 aliphatic heterocycles. The van der Waals surface area contributed by atoms with Crippen molar-refractivity contribution in [1.29, 1.82) is 0 Å². The van der Waals surface area contributed by atoms with Crippen molar-refractivity contribution >= 4 is 0 Å². The summed E-state index contributed by atoms with van der Waals surface area (Å²) < 4.78 is 0. The first kappa shape index (κ1) is 14.8. The van der Waals surface area contributed by atoms with Gasteiger partial charge >= 0.3 is 0 Å². The molecule has 0 heterocycles. The van der Waals surface area contributed by atoms with Crippen molar-refractivity contribution < 1.29 is 0 Å². The maximum Gasteiger partial charge on any atom is 0.0300 e. The summed E-state index contributed by atoms with van der Waals surface area (Å²) in [6.45, 7) is 8.65. The summed E-state index contributed by atoms with van der Waals surface area (Å²) in [6, 6.07) is 13.2. The molecule has 1 unspecified atom stereocenters. The van der Waals surface area contributed by atoms with Gasteiger partial charge in [0.1, 0.15) is 0 Å². The summed E-state index contributed by atoms with van der Waals surface area (Å²) in [6.07, 6.45) is 2.04. The maximum atomic E-state index is 6.41. The van der Waals surface area contributed by atoms with Gasteiger partial charge in [-0.15, -0.1) is 0 Å². The van der Waals surface area contributed by atoms with Crippen LogP contribution in [0.3, 0.4) is 0 Å². The van der Waals surface area contributed by atoms with Gasteiger partial charge in [0.15, 0.2) is 0 Å². The molecule has 0 spiro atoms. The highest BCUT2D eigenvalue weighted by Gasteiger charge is 2.11. The number of hydrogen-bond acceptors (Lipinski definition) is 1. The second-order valence-electron chi connectivity index (χ2n) is 5.86. The fourth-order valence-electron chi connectivity index (χ4n) is 2.74. The van der Waals surface area contributed by atoms with Crippen LogP contribution in [0.5, 0.6) is 0 Å². The van der Waals surface area contributed by atoms with E-state index >= 15 is 0 Å². The first-order chi connectivity index (χ1) is 9.49. The van der Waals surface area contributed by atoms with Gasteiger partial charge in [0.25, 0.3) is 0 Å². The lowest BCUT2D eigenvalue weighted by Crippen LogP contribution is -2.13. The molecule has 1 heteroatoms. The molecular weight excluding hydrogens is 242 g/mol. The van der Waals surface area contributed by atoms with Crippen LogP contribution in [0, 0.1) is 27.7 Å². The topological polar surface area (TPSA) is 26.0 Å². The predicted octanol–water partition coefficient (Wildman–Crippen LogP) is 4.55. The summed E-state index contributed by atoms with van der Waals surface area (Å²) in [7, 11) is 0. The third-order valence-corrected chi connectivity index (χ3v) is 4.27. The molecule has 0 bridgehead atoms. The molecule has 2 aromatic rings. The van der Waals surface area contributed by atoms with E-state index in [1.807, 2.05) is 0 Å². The van der Waals surface area contributed by atoms with Crippen molar-refractivity contribution in [3.05, 3.63) is 69.8 Å². The Morgan fingerprint density at radius 3 is 2.20 bits per heavy atom. The maximum absolute atomic E-state index is 6.41. The van der Waals surface area contributed by atoms with Gasteiger partial charge in [0, 0.05) is 6.04 Å². The number of nitrogens with two attached hydrogens (primary N) is 1. The van der Waals surface area contributed by atoms with E-state index in [1.54, 1.807) is 0 Å². The van der Waals surface area contributed by atoms with Gasteiger partial charge in [-0.05, 0) is 73.9 Å². The smallest absolute Gasteiger partial charge is 0.0300 e. The van der Waals surface area contributed by atoms with Gasteiger partial charge in [0.05, 0.1) is 0 Å². The monoisotopic (exact) mass is 267 g/mol. The third-order valence-electron chi connectivity index (χ3n) is 4.27. The van der Waals surface area contributed by atoms with E-state index in [0.29, 0.717) is 0 Å². The van der Waals surface area contributed by atoms with Gasteiger partial charge in [0.2, 0.25) is 0 Å². The minimum absolute atomic E-state index is 0.119. The Morgan fingerprint density at radius 2 is 1.50 bits per heavy atom. The Balaban J connectivity index is 2.11. The molecule has 0 aliphatic carbocycles. The molecule has 2 N–H and O–H groups in total. The molecular formula is C19H25N. The first-order valence-corrected chi connectivity index (χ1v) is 7.37. The Kier molecular flexibility index (Phi) is 4.61. The van der Waals surface area contributed by atoms with Crippen LogP contribution in [0.1, 0.15) is 45.8 Å². The Hall–Kier alpha value is -1.60. The average molecular weight is 267 g/mol. The van der Waals surface area contributed by atoms with E-state index in [0.717, 1.165) is 12.8 Å². The van der Waals surface area contributed by atoms with E-state index in [2.05, 4.69) is 64.1 Å². The molecule has 2 aromatic carbocycles. The second-order valence-corrected chi connectivity index (χ2v) is 5.86. The van der Waals surface area contributed by atoms with Crippen molar-refractivity contribution in [3.63, 3.8) is 0 Å². The van der Waals surface area contributed by atoms with Gasteiger partial charge in [-0.1, -0.05) is 36.4 Å². The summed E-state index contributed by atoms with van der Waals surface area (Å²) in [5.74, 6) is 0. The molecule has 0 aliphatic rings. The molecule has 0 saturated heterocycles. The number of hydrogen-bond donors (Lipinski definition) is 1. The highest BCUT2D eigenvalue weighted by Crippen LogP contribution is 2.24. The van der Waals surface area contributed by atoms with Crippen molar-refractivity contribution in [2.45, 2.75) is 46.6 Å². The lowest BCUT2D eigenvalue weighted by molar-refractivity contribution is 0.645. The number of rotatable bonds is 4.